The molecule has 1 aliphatic heterocycles. The summed E-state index contributed by atoms with van der Waals surface area (Å²) in [6, 6.07) is 1.80. The van der Waals surface area contributed by atoms with Gasteiger partial charge in [-0.15, -0.1) is 0 Å². The first kappa shape index (κ1) is 12.3. The highest BCUT2D eigenvalue weighted by Crippen LogP contribution is 2.32. The number of fused-ring (bicyclic) bond motifs is 1. The minimum absolute atomic E-state index is 0.00148. The number of hydrogen-bond acceptors (Lipinski definition) is 4. The molecule has 1 saturated heterocycles. The first-order chi connectivity index (χ1) is 8.89. The molecule has 1 aromatic heterocycles. The van der Waals surface area contributed by atoms with Crippen molar-refractivity contribution >= 4 is 26.8 Å². The van der Waals surface area contributed by atoms with Crippen molar-refractivity contribution in [3.8, 4) is 0 Å². The summed E-state index contributed by atoms with van der Waals surface area (Å²) in [6.07, 6.45) is 0.327. The number of hydrogen-bond donors (Lipinski definition) is 1. The Labute approximate surface area is 108 Å². The van der Waals surface area contributed by atoms with Crippen LogP contribution in [0.2, 0.25) is 0 Å². The van der Waals surface area contributed by atoms with Gasteiger partial charge in [-0.1, -0.05) is 0 Å². The number of nitrogens with two attached hydrogens (primary N) is 1. The van der Waals surface area contributed by atoms with Gasteiger partial charge in [0.15, 0.2) is 21.5 Å². The van der Waals surface area contributed by atoms with Crippen LogP contribution in [0, 0.1) is 11.6 Å². The van der Waals surface area contributed by atoms with Crippen molar-refractivity contribution in [2.24, 2.45) is 0 Å². The quantitative estimate of drug-likeness (QED) is 0.856. The van der Waals surface area contributed by atoms with Crippen molar-refractivity contribution in [2.45, 2.75) is 12.5 Å². The van der Waals surface area contributed by atoms with Crippen LogP contribution in [0.4, 0.5) is 14.7 Å². The van der Waals surface area contributed by atoms with Gasteiger partial charge >= 0.3 is 0 Å². The summed E-state index contributed by atoms with van der Waals surface area (Å²) >= 11 is 0. The van der Waals surface area contributed by atoms with E-state index in [1.807, 2.05) is 0 Å². The minimum atomic E-state index is -3.15. The molecule has 1 unspecified atom stereocenters. The maximum Gasteiger partial charge on any atom is 0.201 e. The van der Waals surface area contributed by atoms with Crippen LogP contribution in [0.1, 0.15) is 12.5 Å². The van der Waals surface area contributed by atoms with Crippen LogP contribution in [0.15, 0.2) is 12.1 Å². The lowest BCUT2D eigenvalue weighted by Gasteiger charge is -2.13. The van der Waals surface area contributed by atoms with Crippen molar-refractivity contribution in [3.63, 3.8) is 0 Å². The van der Waals surface area contributed by atoms with Gasteiger partial charge in [0.2, 0.25) is 5.95 Å². The average Bonchev–Trinajstić information content (AvgIpc) is 2.84. The average molecular weight is 287 g/mol. The van der Waals surface area contributed by atoms with E-state index in [0.717, 1.165) is 6.07 Å². The molecule has 0 saturated carbocycles. The molecule has 0 spiro atoms. The normalized spacial score (nSPS) is 22.1. The number of anilines is 1. The molecule has 0 radical (unpaired) electrons. The zero-order chi connectivity index (χ0) is 13.8. The molecule has 1 atom stereocenters. The van der Waals surface area contributed by atoms with Crippen LogP contribution in [0.3, 0.4) is 0 Å². The van der Waals surface area contributed by atoms with E-state index >= 15 is 0 Å². The molecule has 0 aliphatic carbocycles. The molecule has 2 heterocycles. The van der Waals surface area contributed by atoms with Gasteiger partial charge in [0.1, 0.15) is 5.52 Å². The van der Waals surface area contributed by atoms with E-state index in [-0.39, 0.29) is 28.5 Å². The molecule has 8 heteroatoms. The molecular formula is C11H11F2N3O2S. The molecule has 1 fully saturated rings. The van der Waals surface area contributed by atoms with E-state index in [4.69, 9.17) is 5.73 Å². The highest BCUT2D eigenvalue weighted by atomic mass is 32.2. The fourth-order valence-corrected chi connectivity index (χ4v) is 4.19. The van der Waals surface area contributed by atoms with Gasteiger partial charge in [-0.2, -0.15) is 0 Å². The molecule has 0 amide bonds. The maximum atomic E-state index is 13.9. The number of halogens is 2. The number of nitrogens with zero attached hydrogens (tertiary/aromatic N) is 2. The Hall–Kier alpha value is -1.70. The first-order valence-corrected chi connectivity index (χ1v) is 7.53. The minimum Gasteiger partial charge on any atom is -0.369 e. The Morgan fingerprint density at radius 3 is 2.74 bits per heavy atom. The molecule has 5 nitrogen and oxygen atoms in total. The number of imidazole rings is 1. The fraction of sp³-hybridized carbons (Fsp3) is 0.364. The maximum absolute atomic E-state index is 13.9. The third-order valence-corrected chi connectivity index (χ3v) is 5.09. The largest absolute Gasteiger partial charge is 0.369 e. The molecule has 19 heavy (non-hydrogen) atoms. The topological polar surface area (TPSA) is 78.0 Å². The monoisotopic (exact) mass is 287 g/mol. The van der Waals surface area contributed by atoms with Gasteiger partial charge in [-0.25, -0.2) is 22.2 Å². The predicted molar refractivity (Wildman–Crippen MR) is 66.4 cm³/mol. The van der Waals surface area contributed by atoms with Crippen molar-refractivity contribution in [1.82, 2.24) is 9.55 Å². The zero-order valence-electron chi connectivity index (χ0n) is 9.81. The number of benzene rings is 1. The van der Waals surface area contributed by atoms with Crippen molar-refractivity contribution in [3.05, 3.63) is 23.8 Å². The standard InChI is InChI=1S/C11H11F2N3O2S/c12-7-1-2-8-10(9(7)13)16(11(14)15-8)6-3-4-19(17,18)5-6/h1-2,6H,3-5H2,(H2,14,15). The second-order valence-corrected chi connectivity index (χ2v) is 6.85. The van der Waals surface area contributed by atoms with Crippen LogP contribution in [0.25, 0.3) is 11.0 Å². The van der Waals surface area contributed by atoms with Crippen molar-refractivity contribution in [2.75, 3.05) is 17.2 Å². The molecule has 2 N–H and O–H groups in total. The Bertz CT molecular complexity index is 770. The summed E-state index contributed by atoms with van der Waals surface area (Å²) in [5, 5.41) is 0. The lowest BCUT2D eigenvalue weighted by molar-refractivity contribution is 0.503. The number of nitrogen functional groups attached to an aromatic ring is 1. The summed E-state index contributed by atoms with van der Waals surface area (Å²) in [5.41, 5.74) is 5.86. The molecule has 3 rings (SSSR count). The second-order valence-electron chi connectivity index (χ2n) is 4.63. The number of sulfone groups is 1. The van der Waals surface area contributed by atoms with Crippen LogP contribution in [-0.4, -0.2) is 29.5 Å². The van der Waals surface area contributed by atoms with Crippen LogP contribution in [0.5, 0.6) is 0 Å². The molecular weight excluding hydrogens is 276 g/mol. The molecule has 1 aliphatic rings. The zero-order valence-corrected chi connectivity index (χ0v) is 10.6. The number of rotatable bonds is 1. The second kappa shape index (κ2) is 3.89. The van der Waals surface area contributed by atoms with Gasteiger partial charge in [0.25, 0.3) is 0 Å². The van der Waals surface area contributed by atoms with Crippen LogP contribution in [-0.2, 0) is 9.84 Å². The van der Waals surface area contributed by atoms with E-state index in [0.29, 0.717) is 6.42 Å². The summed E-state index contributed by atoms with van der Waals surface area (Å²) in [6.45, 7) is 0. The third-order valence-electron chi connectivity index (χ3n) is 3.34. The molecule has 102 valence electrons. The molecule has 2 aromatic rings. The summed E-state index contributed by atoms with van der Waals surface area (Å²) in [5.74, 6) is -2.16. The van der Waals surface area contributed by atoms with E-state index in [2.05, 4.69) is 4.98 Å². The SMILES string of the molecule is Nc1nc2ccc(F)c(F)c2n1C1CCS(=O)(=O)C1. The third kappa shape index (κ3) is 1.86. The van der Waals surface area contributed by atoms with E-state index < -0.39 is 27.5 Å². The Balaban J connectivity index is 2.24. The first-order valence-electron chi connectivity index (χ1n) is 5.71. The predicted octanol–water partition coefficient (Wildman–Crippen LogP) is 1.26. The van der Waals surface area contributed by atoms with Gasteiger partial charge < -0.3 is 10.3 Å². The van der Waals surface area contributed by atoms with Gasteiger partial charge in [0.05, 0.1) is 23.1 Å². The highest BCUT2D eigenvalue weighted by Gasteiger charge is 2.32. The molecule has 0 bridgehead atoms. The Morgan fingerprint density at radius 1 is 1.37 bits per heavy atom. The Morgan fingerprint density at radius 2 is 2.11 bits per heavy atom. The summed E-state index contributed by atoms with van der Waals surface area (Å²) in [7, 11) is -3.15. The summed E-state index contributed by atoms with van der Waals surface area (Å²) < 4.78 is 51.5. The van der Waals surface area contributed by atoms with Gasteiger partial charge in [0, 0.05) is 0 Å². The highest BCUT2D eigenvalue weighted by molar-refractivity contribution is 7.91. The fourth-order valence-electron chi connectivity index (χ4n) is 2.49. The summed E-state index contributed by atoms with van der Waals surface area (Å²) in [4.78, 5) is 3.95. The van der Waals surface area contributed by atoms with Gasteiger partial charge in [-0.3, -0.25) is 0 Å². The van der Waals surface area contributed by atoms with Crippen molar-refractivity contribution < 1.29 is 17.2 Å². The molecule has 1 aromatic carbocycles. The van der Waals surface area contributed by atoms with Crippen LogP contribution >= 0.6 is 0 Å². The van der Waals surface area contributed by atoms with Crippen LogP contribution < -0.4 is 5.73 Å². The van der Waals surface area contributed by atoms with E-state index in [9.17, 15) is 17.2 Å². The van der Waals surface area contributed by atoms with Gasteiger partial charge in [-0.05, 0) is 18.6 Å². The van der Waals surface area contributed by atoms with E-state index in [1.54, 1.807) is 0 Å². The van der Waals surface area contributed by atoms with Crippen molar-refractivity contribution in [1.29, 1.82) is 0 Å². The smallest absolute Gasteiger partial charge is 0.201 e. The number of aromatic nitrogens is 2. The lowest BCUT2D eigenvalue weighted by Crippen LogP contribution is -2.14. The lowest BCUT2D eigenvalue weighted by atomic mass is 10.2. The van der Waals surface area contributed by atoms with E-state index in [1.165, 1.54) is 10.6 Å². The Kier molecular flexibility index (Phi) is 2.53.